The Bertz CT molecular complexity index is 813. The summed E-state index contributed by atoms with van der Waals surface area (Å²) < 4.78 is 27.4. The van der Waals surface area contributed by atoms with Crippen LogP contribution in [0.15, 0.2) is 46.9 Å². The van der Waals surface area contributed by atoms with Crippen molar-refractivity contribution in [2.24, 2.45) is 0 Å². The highest BCUT2D eigenvalue weighted by Gasteiger charge is 2.14. The molecular formula is C14H12BrN3O2S. The van der Waals surface area contributed by atoms with Crippen LogP contribution >= 0.6 is 15.9 Å². The molecular weight excluding hydrogens is 354 g/mol. The summed E-state index contributed by atoms with van der Waals surface area (Å²) in [5.41, 5.74) is 7.22. The number of nitrogens with two attached hydrogens (primary N) is 1. The van der Waals surface area contributed by atoms with Crippen LogP contribution in [0.5, 0.6) is 0 Å². The Kier molecular flexibility index (Phi) is 4.50. The molecule has 0 saturated carbocycles. The van der Waals surface area contributed by atoms with Crippen LogP contribution in [0.2, 0.25) is 0 Å². The fraction of sp³-hybridized carbons (Fsp3) is 0.0714. The molecule has 0 aliphatic carbocycles. The fourth-order valence-corrected chi connectivity index (χ4v) is 3.37. The molecule has 0 aliphatic heterocycles. The summed E-state index contributed by atoms with van der Waals surface area (Å²) in [7, 11) is -3.62. The molecule has 0 radical (unpaired) electrons. The van der Waals surface area contributed by atoms with E-state index in [2.05, 4.69) is 20.7 Å². The summed E-state index contributed by atoms with van der Waals surface area (Å²) in [5, 5.41) is 9.04. The molecule has 0 atom stereocenters. The van der Waals surface area contributed by atoms with E-state index in [-0.39, 0.29) is 17.0 Å². The van der Waals surface area contributed by atoms with Crippen LogP contribution in [-0.2, 0) is 15.8 Å². The van der Waals surface area contributed by atoms with Crippen molar-refractivity contribution in [1.29, 1.82) is 5.26 Å². The molecule has 2 aromatic carbocycles. The van der Waals surface area contributed by atoms with Gasteiger partial charge in [0.15, 0.2) is 0 Å². The zero-order chi connectivity index (χ0) is 15.5. The van der Waals surface area contributed by atoms with Crippen molar-refractivity contribution in [3.05, 3.63) is 58.1 Å². The van der Waals surface area contributed by atoms with E-state index in [0.29, 0.717) is 15.7 Å². The SMILES string of the molecule is N#Cc1cc(Br)ccc1NS(=O)(=O)Cc1cccc(N)c1. The van der Waals surface area contributed by atoms with E-state index in [4.69, 9.17) is 11.0 Å². The zero-order valence-corrected chi connectivity index (χ0v) is 13.3. The van der Waals surface area contributed by atoms with Crippen molar-refractivity contribution in [1.82, 2.24) is 0 Å². The number of rotatable bonds is 4. The second-order valence-corrected chi connectivity index (χ2v) is 7.05. The maximum Gasteiger partial charge on any atom is 0.236 e. The van der Waals surface area contributed by atoms with Crippen LogP contribution in [0, 0.1) is 11.3 Å². The van der Waals surface area contributed by atoms with Crippen LogP contribution in [0.25, 0.3) is 0 Å². The molecule has 2 aromatic rings. The smallest absolute Gasteiger partial charge is 0.236 e. The lowest BCUT2D eigenvalue weighted by Crippen LogP contribution is -2.16. The number of nitrogens with zero attached hydrogens (tertiary/aromatic N) is 1. The van der Waals surface area contributed by atoms with Gasteiger partial charge in [-0.05, 0) is 35.9 Å². The Morgan fingerprint density at radius 1 is 1.24 bits per heavy atom. The highest BCUT2D eigenvalue weighted by atomic mass is 79.9. The Hall–Kier alpha value is -2.04. The van der Waals surface area contributed by atoms with Crippen molar-refractivity contribution in [3.63, 3.8) is 0 Å². The molecule has 0 saturated heterocycles. The van der Waals surface area contributed by atoms with Crippen LogP contribution in [-0.4, -0.2) is 8.42 Å². The molecule has 21 heavy (non-hydrogen) atoms. The lowest BCUT2D eigenvalue weighted by Gasteiger charge is -2.10. The van der Waals surface area contributed by atoms with Crippen LogP contribution in [0.3, 0.4) is 0 Å². The van der Waals surface area contributed by atoms with E-state index in [1.807, 2.05) is 6.07 Å². The van der Waals surface area contributed by atoms with Crippen molar-refractivity contribution >= 4 is 37.3 Å². The molecule has 3 N–H and O–H groups in total. The summed E-state index contributed by atoms with van der Waals surface area (Å²) in [4.78, 5) is 0. The molecule has 0 bridgehead atoms. The van der Waals surface area contributed by atoms with E-state index in [0.717, 1.165) is 0 Å². The zero-order valence-electron chi connectivity index (χ0n) is 10.9. The second-order valence-electron chi connectivity index (χ2n) is 4.41. The molecule has 0 amide bonds. The molecule has 5 nitrogen and oxygen atoms in total. The third kappa shape index (κ3) is 4.21. The Morgan fingerprint density at radius 2 is 2.00 bits per heavy atom. The Balaban J connectivity index is 2.24. The number of nitriles is 1. The first kappa shape index (κ1) is 15.4. The predicted molar refractivity (Wildman–Crippen MR) is 86.0 cm³/mol. The van der Waals surface area contributed by atoms with Crippen molar-refractivity contribution in [2.75, 3.05) is 10.5 Å². The Labute approximate surface area is 131 Å². The molecule has 7 heteroatoms. The molecule has 108 valence electrons. The highest BCUT2D eigenvalue weighted by molar-refractivity contribution is 9.10. The normalized spacial score (nSPS) is 10.9. The largest absolute Gasteiger partial charge is 0.399 e. The van der Waals surface area contributed by atoms with Gasteiger partial charge in [0, 0.05) is 10.2 Å². The first-order chi connectivity index (χ1) is 9.89. The van der Waals surface area contributed by atoms with Gasteiger partial charge in [-0.15, -0.1) is 0 Å². The number of benzene rings is 2. The minimum Gasteiger partial charge on any atom is -0.399 e. The van der Waals surface area contributed by atoms with E-state index < -0.39 is 10.0 Å². The lowest BCUT2D eigenvalue weighted by atomic mass is 10.2. The number of anilines is 2. The molecule has 0 aliphatic rings. The van der Waals surface area contributed by atoms with Gasteiger partial charge in [-0.2, -0.15) is 5.26 Å². The van der Waals surface area contributed by atoms with Crippen molar-refractivity contribution in [2.45, 2.75) is 5.75 Å². The molecule has 0 fully saturated rings. The molecule has 0 aromatic heterocycles. The van der Waals surface area contributed by atoms with Gasteiger partial charge in [0.1, 0.15) is 6.07 Å². The molecule has 2 rings (SSSR count). The van der Waals surface area contributed by atoms with Gasteiger partial charge < -0.3 is 5.73 Å². The van der Waals surface area contributed by atoms with Crippen LogP contribution in [0.1, 0.15) is 11.1 Å². The number of sulfonamides is 1. The minimum absolute atomic E-state index is 0.209. The van der Waals surface area contributed by atoms with E-state index in [9.17, 15) is 8.42 Å². The quantitative estimate of drug-likeness (QED) is 0.814. The molecule has 0 heterocycles. The summed E-state index contributed by atoms with van der Waals surface area (Å²) in [6.07, 6.45) is 0. The van der Waals surface area contributed by atoms with E-state index in [1.54, 1.807) is 42.5 Å². The predicted octanol–water partition coefficient (Wildman–Crippen LogP) is 2.84. The highest BCUT2D eigenvalue weighted by Crippen LogP contribution is 2.22. The minimum atomic E-state index is -3.62. The van der Waals surface area contributed by atoms with Gasteiger partial charge in [0.2, 0.25) is 10.0 Å². The number of nitrogen functional groups attached to an aromatic ring is 1. The first-order valence-corrected chi connectivity index (χ1v) is 8.39. The standard InChI is InChI=1S/C14H12BrN3O2S/c15-12-4-5-14(11(7-12)8-16)18-21(19,20)9-10-2-1-3-13(17)6-10/h1-7,18H,9,17H2. The van der Waals surface area contributed by atoms with Crippen molar-refractivity contribution in [3.8, 4) is 6.07 Å². The summed E-state index contributed by atoms with van der Waals surface area (Å²) in [5.74, 6) is -0.209. The third-order valence-electron chi connectivity index (χ3n) is 2.68. The number of nitrogens with one attached hydrogen (secondary N) is 1. The average Bonchev–Trinajstić information content (AvgIpc) is 2.40. The molecule has 0 spiro atoms. The topological polar surface area (TPSA) is 96.0 Å². The van der Waals surface area contributed by atoms with Gasteiger partial charge in [-0.3, -0.25) is 4.72 Å². The van der Waals surface area contributed by atoms with E-state index >= 15 is 0 Å². The number of hydrogen-bond donors (Lipinski definition) is 2. The van der Waals surface area contributed by atoms with Gasteiger partial charge in [-0.1, -0.05) is 28.1 Å². The Morgan fingerprint density at radius 3 is 2.67 bits per heavy atom. The molecule has 0 unspecified atom stereocenters. The van der Waals surface area contributed by atoms with Crippen LogP contribution < -0.4 is 10.5 Å². The number of halogens is 1. The van der Waals surface area contributed by atoms with Gasteiger partial charge in [0.25, 0.3) is 0 Å². The lowest BCUT2D eigenvalue weighted by molar-refractivity contribution is 0.600. The summed E-state index contributed by atoms with van der Waals surface area (Å²) in [6.45, 7) is 0. The average molecular weight is 366 g/mol. The maximum absolute atomic E-state index is 12.2. The summed E-state index contributed by atoms with van der Waals surface area (Å²) >= 11 is 3.24. The third-order valence-corrected chi connectivity index (χ3v) is 4.41. The second kappa shape index (κ2) is 6.16. The summed E-state index contributed by atoms with van der Waals surface area (Å²) in [6, 6.07) is 13.4. The van der Waals surface area contributed by atoms with Gasteiger partial charge >= 0.3 is 0 Å². The van der Waals surface area contributed by atoms with E-state index in [1.165, 1.54) is 0 Å². The van der Waals surface area contributed by atoms with Gasteiger partial charge in [0.05, 0.1) is 17.0 Å². The van der Waals surface area contributed by atoms with Crippen LogP contribution in [0.4, 0.5) is 11.4 Å². The number of hydrogen-bond acceptors (Lipinski definition) is 4. The first-order valence-electron chi connectivity index (χ1n) is 5.94. The fourth-order valence-electron chi connectivity index (χ4n) is 1.80. The monoisotopic (exact) mass is 365 g/mol. The van der Waals surface area contributed by atoms with Crippen molar-refractivity contribution < 1.29 is 8.42 Å². The maximum atomic E-state index is 12.2. The van der Waals surface area contributed by atoms with Gasteiger partial charge in [-0.25, -0.2) is 8.42 Å².